The number of hydrogen-bond acceptors (Lipinski definition) is 4. The Labute approximate surface area is 109 Å². The van der Waals surface area contributed by atoms with Gasteiger partial charge in [0.05, 0.1) is 16.3 Å². The molecule has 1 atom stereocenters. The van der Waals surface area contributed by atoms with Crippen LogP contribution in [0.3, 0.4) is 0 Å². The lowest BCUT2D eigenvalue weighted by atomic mass is 10.1. The van der Waals surface area contributed by atoms with E-state index in [1.54, 1.807) is 19.1 Å². The summed E-state index contributed by atoms with van der Waals surface area (Å²) < 4.78 is 24.2. The fourth-order valence-corrected chi connectivity index (χ4v) is 3.49. The van der Waals surface area contributed by atoms with Crippen molar-refractivity contribution in [1.82, 2.24) is 0 Å². The summed E-state index contributed by atoms with van der Waals surface area (Å²) >= 11 is 0. The molecule has 0 amide bonds. The number of para-hydroxylation sites is 1. The van der Waals surface area contributed by atoms with Gasteiger partial charge in [-0.3, -0.25) is 0 Å². The van der Waals surface area contributed by atoms with Gasteiger partial charge >= 0.3 is 0 Å². The van der Waals surface area contributed by atoms with E-state index in [1.807, 2.05) is 12.1 Å². The molecule has 5 heteroatoms. The Morgan fingerprint density at radius 1 is 1.39 bits per heavy atom. The van der Waals surface area contributed by atoms with Crippen LogP contribution in [-0.2, 0) is 9.84 Å². The van der Waals surface area contributed by atoms with E-state index in [0.717, 1.165) is 25.2 Å². The van der Waals surface area contributed by atoms with Crippen molar-refractivity contribution in [2.75, 3.05) is 30.3 Å². The van der Waals surface area contributed by atoms with E-state index in [2.05, 4.69) is 4.90 Å². The van der Waals surface area contributed by atoms with Crippen molar-refractivity contribution >= 4 is 15.5 Å². The molecule has 1 fully saturated rings. The molecule has 1 saturated heterocycles. The zero-order valence-corrected chi connectivity index (χ0v) is 11.5. The largest absolute Gasteiger partial charge is 0.370 e. The molecule has 0 saturated carbocycles. The van der Waals surface area contributed by atoms with E-state index in [0.29, 0.717) is 17.4 Å². The van der Waals surface area contributed by atoms with Crippen LogP contribution < -0.4 is 10.6 Å². The second kappa shape index (κ2) is 5.28. The molecule has 0 radical (unpaired) electrons. The van der Waals surface area contributed by atoms with Gasteiger partial charge in [0.1, 0.15) is 0 Å². The lowest BCUT2D eigenvalue weighted by Crippen LogP contribution is -2.24. The fraction of sp³-hybridized carbons (Fsp3) is 0.538. The van der Waals surface area contributed by atoms with Gasteiger partial charge in [-0.2, -0.15) is 0 Å². The average Bonchev–Trinajstić information content (AvgIpc) is 2.87. The van der Waals surface area contributed by atoms with Crippen molar-refractivity contribution in [2.45, 2.75) is 18.2 Å². The maximum absolute atomic E-state index is 12.1. The quantitative estimate of drug-likeness (QED) is 0.893. The normalized spacial score (nSPS) is 20.3. The molecule has 100 valence electrons. The molecular formula is C13H20N2O2S. The summed E-state index contributed by atoms with van der Waals surface area (Å²) in [5.74, 6) is 0.612. The molecule has 0 aromatic heterocycles. The number of benzene rings is 1. The lowest BCUT2D eigenvalue weighted by Gasteiger charge is -2.21. The van der Waals surface area contributed by atoms with Crippen LogP contribution in [0, 0.1) is 5.92 Å². The van der Waals surface area contributed by atoms with Crippen LogP contribution in [-0.4, -0.2) is 33.8 Å². The number of nitrogens with zero attached hydrogens (tertiary/aromatic N) is 1. The molecule has 1 heterocycles. The van der Waals surface area contributed by atoms with Crippen molar-refractivity contribution in [1.29, 1.82) is 0 Å². The highest BCUT2D eigenvalue weighted by Crippen LogP contribution is 2.30. The Kier molecular flexibility index (Phi) is 3.92. The molecule has 1 aromatic rings. The maximum Gasteiger partial charge on any atom is 0.180 e. The first kappa shape index (κ1) is 13.4. The van der Waals surface area contributed by atoms with E-state index in [4.69, 9.17) is 5.73 Å². The first-order valence-electron chi connectivity index (χ1n) is 6.35. The van der Waals surface area contributed by atoms with Crippen molar-refractivity contribution in [3.05, 3.63) is 24.3 Å². The minimum absolute atomic E-state index is 0.137. The Balaban J connectivity index is 2.35. The van der Waals surface area contributed by atoms with Crippen molar-refractivity contribution in [3.8, 4) is 0 Å². The Morgan fingerprint density at radius 3 is 2.72 bits per heavy atom. The van der Waals surface area contributed by atoms with Crippen molar-refractivity contribution in [3.63, 3.8) is 0 Å². The van der Waals surface area contributed by atoms with Gasteiger partial charge in [0.2, 0.25) is 0 Å². The van der Waals surface area contributed by atoms with Crippen molar-refractivity contribution < 1.29 is 8.42 Å². The van der Waals surface area contributed by atoms with E-state index in [9.17, 15) is 8.42 Å². The van der Waals surface area contributed by atoms with Crippen LogP contribution in [0.1, 0.15) is 13.3 Å². The first-order valence-corrected chi connectivity index (χ1v) is 8.00. The van der Waals surface area contributed by atoms with Crippen LogP contribution in [0.4, 0.5) is 5.69 Å². The Morgan fingerprint density at radius 2 is 2.11 bits per heavy atom. The summed E-state index contributed by atoms with van der Waals surface area (Å²) in [6, 6.07) is 7.26. The third kappa shape index (κ3) is 2.52. The minimum atomic E-state index is -3.16. The molecule has 1 aliphatic rings. The summed E-state index contributed by atoms with van der Waals surface area (Å²) in [6.45, 7) is 4.09. The molecule has 0 spiro atoms. The first-order chi connectivity index (χ1) is 8.58. The van der Waals surface area contributed by atoms with Gasteiger partial charge in [-0.25, -0.2) is 8.42 Å². The standard InChI is InChI=1S/C13H20N2O2S/c1-2-18(16,17)13-6-4-3-5-12(13)15-8-7-11(9-14)10-15/h3-6,11H,2,7-10,14H2,1H3. The van der Waals surface area contributed by atoms with E-state index in [-0.39, 0.29) is 5.75 Å². The SMILES string of the molecule is CCS(=O)(=O)c1ccccc1N1CCC(CN)C1. The molecule has 1 aromatic carbocycles. The molecule has 18 heavy (non-hydrogen) atoms. The van der Waals surface area contributed by atoms with Gasteiger partial charge in [-0.05, 0) is 31.0 Å². The number of sulfone groups is 1. The summed E-state index contributed by atoms with van der Waals surface area (Å²) in [5.41, 5.74) is 6.51. The third-order valence-electron chi connectivity index (χ3n) is 3.54. The zero-order chi connectivity index (χ0) is 13.2. The van der Waals surface area contributed by atoms with Crippen LogP contribution in [0.15, 0.2) is 29.2 Å². The van der Waals surface area contributed by atoms with Gasteiger partial charge in [0, 0.05) is 13.1 Å². The molecule has 2 N–H and O–H groups in total. The monoisotopic (exact) mass is 268 g/mol. The summed E-state index contributed by atoms with van der Waals surface area (Å²) in [4.78, 5) is 2.59. The molecular weight excluding hydrogens is 248 g/mol. The van der Waals surface area contributed by atoms with Crippen LogP contribution in [0.25, 0.3) is 0 Å². The zero-order valence-electron chi connectivity index (χ0n) is 10.7. The maximum atomic E-state index is 12.1. The second-order valence-corrected chi connectivity index (χ2v) is 6.95. The lowest BCUT2D eigenvalue weighted by molar-refractivity contribution is 0.595. The predicted octanol–water partition coefficient (Wildman–Crippen LogP) is 1.27. The Bertz CT molecular complexity index is 513. The molecule has 1 aliphatic heterocycles. The predicted molar refractivity (Wildman–Crippen MR) is 73.5 cm³/mol. The molecule has 2 rings (SSSR count). The highest BCUT2D eigenvalue weighted by atomic mass is 32.2. The number of hydrogen-bond donors (Lipinski definition) is 1. The van der Waals surface area contributed by atoms with E-state index in [1.165, 1.54) is 0 Å². The number of anilines is 1. The summed E-state index contributed by atoms with van der Waals surface area (Å²) in [7, 11) is -3.16. The van der Waals surface area contributed by atoms with Crippen LogP contribution in [0.5, 0.6) is 0 Å². The van der Waals surface area contributed by atoms with Gasteiger partial charge in [-0.15, -0.1) is 0 Å². The van der Waals surface area contributed by atoms with E-state index >= 15 is 0 Å². The van der Waals surface area contributed by atoms with Gasteiger partial charge < -0.3 is 10.6 Å². The van der Waals surface area contributed by atoms with Crippen molar-refractivity contribution in [2.24, 2.45) is 11.7 Å². The van der Waals surface area contributed by atoms with Crippen LogP contribution >= 0.6 is 0 Å². The van der Waals surface area contributed by atoms with Gasteiger partial charge in [0.25, 0.3) is 0 Å². The summed E-state index contributed by atoms with van der Waals surface area (Å²) in [5, 5.41) is 0. The second-order valence-electron chi connectivity index (χ2n) is 4.71. The number of nitrogens with two attached hydrogens (primary N) is 1. The average molecular weight is 268 g/mol. The third-order valence-corrected chi connectivity index (χ3v) is 5.32. The fourth-order valence-electron chi connectivity index (χ4n) is 2.38. The van der Waals surface area contributed by atoms with Gasteiger partial charge in [0.15, 0.2) is 9.84 Å². The van der Waals surface area contributed by atoms with E-state index < -0.39 is 9.84 Å². The Hall–Kier alpha value is -1.07. The van der Waals surface area contributed by atoms with Gasteiger partial charge in [-0.1, -0.05) is 19.1 Å². The van der Waals surface area contributed by atoms with Crippen LogP contribution in [0.2, 0.25) is 0 Å². The molecule has 0 bridgehead atoms. The smallest absolute Gasteiger partial charge is 0.180 e. The highest BCUT2D eigenvalue weighted by Gasteiger charge is 2.26. The molecule has 4 nitrogen and oxygen atoms in total. The topological polar surface area (TPSA) is 63.4 Å². The highest BCUT2D eigenvalue weighted by molar-refractivity contribution is 7.91. The molecule has 1 unspecified atom stereocenters. The molecule has 0 aliphatic carbocycles. The number of rotatable bonds is 4. The summed E-state index contributed by atoms with van der Waals surface area (Å²) in [6.07, 6.45) is 1.04. The minimum Gasteiger partial charge on any atom is -0.370 e.